The Balaban J connectivity index is 1.51. The molecule has 1 fully saturated rings. The van der Waals surface area contributed by atoms with E-state index in [0.717, 1.165) is 12.0 Å². The molecule has 2 aromatic rings. The number of hydrogen-bond donors (Lipinski definition) is 1. The molecule has 8 nitrogen and oxygen atoms in total. The van der Waals surface area contributed by atoms with Crippen LogP contribution in [0.4, 0.5) is 0 Å². The number of likely N-dealkylation sites (tertiary alicyclic amines) is 1. The number of carboxylic acid groups (broad SMARTS) is 1. The molecule has 1 N–H and O–H groups in total. The molecule has 0 saturated carbocycles. The molecule has 1 amide bonds. The molecule has 0 aliphatic carbocycles. The quantitative estimate of drug-likeness (QED) is 0.854. The average Bonchev–Trinajstić information content (AvgIpc) is 3.25. The number of tetrazole rings is 1. The molecule has 1 aromatic heterocycles. The minimum atomic E-state index is -0.925. The summed E-state index contributed by atoms with van der Waals surface area (Å²) in [7, 11) is 0. The number of aromatic nitrogens is 4. The van der Waals surface area contributed by atoms with Crippen LogP contribution in [-0.4, -0.2) is 54.7 Å². The number of carbonyl (C=O) groups is 2. The molecular formula is C16H19N5O3. The molecule has 0 radical (unpaired) electrons. The van der Waals surface area contributed by atoms with Crippen LogP contribution in [0, 0.1) is 0 Å². The van der Waals surface area contributed by atoms with Crippen molar-refractivity contribution in [2.45, 2.75) is 38.3 Å². The Morgan fingerprint density at radius 3 is 2.79 bits per heavy atom. The van der Waals surface area contributed by atoms with Crippen molar-refractivity contribution in [3.05, 3.63) is 30.3 Å². The fourth-order valence-corrected chi connectivity index (χ4v) is 2.88. The van der Waals surface area contributed by atoms with E-state index in [-0.39, 0.29) is 12.3 Å². The summed E-state index contributed by atoms with van der Waals surface area (Å²) in [6.07, 6.45) is 2.11. The fraction of sp³-hybridized carbons (Fsp3) is 0.438. The van der Waals surface area contributed by atoms with Crippen LogP contribution in [0.5, 0.6) is 0 Å². The normalized spacial score (nSPS) is 17.2. The molecule has 0 unspecified atom stereocenters. The first-order chi connectivity index (χ1) is 11.6. The number of nitrogens with zero attached hydrogens (tertiary/aromatic N) is 5. The van der Waals surface area contributed by atoms with Crippen LogP contribution in [0.3, 0.4) is 0 Å². The van der Waals surface area contributed by atoms with Crippen LogP contribution in [-0.2, 0) is 16.1 Å². The van der Waals surface area contributed by atoms with Crippen molar-refractivity contribution in [1.82, 2.24) is 25.1 Å². The molecule has 0 spiro atoms. The first-order valence-electron chi connectivity index (χ1n) is 8.00. The lowest BCUT2D eigenvalue weighted by Gasteiger charge is -2.21. The van der Waals surface area contributed by atoms with Gasteiger partial charge in [-0.3, -0.25) is 4.79 Å². The number of aliphatic carboxylic acids is 1. The Morgan fingerprint density at radius 1 is 1.25 bits per heavy atom. The van der Waals surface area contributed by atoms with Gasteiger partial charge in [-0.25, -0.2) is 4.79 Å². The molecule has 2 heterocycles. The second-order valence-electron chi connectivity index (χ2n) is 5.76. The molecule has 1 atom stereocenters. The largest absolute Gasteiger partial charge is 0.480 e. The van der Waals surface area contributed by atoms with E-state index in [1.54, 1.807) is 0 Å². The van der Waals surface area contributed by atoms with Crippen LogP contribution in [0.1, 0.15) is 25.7 Å². The van der Waals surface area contributed by atoms with Gasteiger partial charge in [0.2, 0.25) is 11.7 Å². The number of amides is 1. The fourth-order valence-electron chi connectivity index (χ4n) is 2.88. The van der Waals surface area contributed by atoms with Gasteiger partial charge in [-0.05, 0) is 24.5 Å². The summed E-state index contributed by atoms with van der Waals surface area (Å²) in [5, 5.41) is 21.4. The van der Waals surface area contributed by atoms with Crippen molar-refractivity contribution >= 4 is 11.9 Å². The highest BCUT2D eigenvalue weighted by molar-refractivity contribution is 5.84. The van der Waals surface area contributed by atoms with E-state index < -0.39 is 12.0 Å². The van der Waals surface area contributed by atoms with E-state index in [1.165, 1.54) is 9.70 Å². The van der Waals surface area contributed by atoms with Gasteiger partial charge in [0.15, 0.2) is 0 Å². The average molecular weight is 329 g/mol. The van der Waals surface area contributed by atoms with Crippen molar-refractivity contribution in [2.24, 2.45) is 0 Å². The van der Waals surface area contributed by atoms with E-state index in [4.69, 9.17) is 5.11 Å². The van der Waals surface area contributed by atoms with E-state index in [0.29, 0.717) is 31.8 Å². The molecular weight excluding hydrogens is 310 g/mol. The number of carbonyl (C=O) groups excluding carboxylic acids is 1. The summed E-state index contributed by atoms with van der Waals surface area (Å²) in [5.74, 6) is -0.498. The number of rotatable bonds is 6. The van der Waals surface area contributed by atoms with Crippen molar-refractivity contribution in [3.8, 4) is 11.4 Å². The smallest absolute Gasteiger partial charge is 0.326 e. The highest BCUT2D eigenvalue weighted by Gasteiger charge is 2.33. The number of benzene rings is 1. The molecule has 3 rings (SSSR count). The molecule has 8 heteroatoms. The van der Waals surface area contributed by atoms with E-state index >= 15 is 0 Å². The van der Waals surface area contributed by atoms with Gasteiger partial charge >= 0.3 is 5.97 Å². The number of aryl methyl sites for hydroxylation is 1. The Bertz CT molecular complexity index is 716. The van der Waals surface area contributed by atoms with Gasteiger partial charge in [0, 0.05) is 18.5 Å². The van der Waals surface area contributed by atoms with Crippen LogP contribution in [0.2, 0.25) is 0 Å². The van der Waals surface area contributed by atoms with Gasteiger partial charge in [-0.15, -0.1) is 10.2 Å². The second kappa shape index (κ2) is 7.20. The van der Waals surface area contributed by atoms with Gasteiger partial charge in [-0.1, -0.05) is 30.3 Å². The summed E-state index contributed by atoms with van der Waals surface area (Å²) in [4.78, 5) is 26.2. The summed E-state index contributed by atoms with van der Waals surface area (Å²) >= 11 is 0. The zero-order valence-corrected chi connectivity index (χ0v) is 13.2. The zero-order chi connectivity index (χ0) is 16.9. The Hall–Kier alpha value is -2.77. The SMILES string of the molecule is O=C(O)[C@H]1CCCN1C(=O)CCCn1nnc(-c2ccccc2)n1. The summed E-state index contributed by atoms with van der Waals surface area (Å²) in [6.45, 7) is 0.993. The zero-order valence-electron chi connectivity index (χ0n) is 13.2. The molecule has 24 heavy (non-hydrogen) atoms. The minimum Gasteiger partial charge on any atom is -0.480 e. The standard InChI is InChI=1S/C16H19N5O3/c22-14(20-10-4-8-13(20)16(23)24)9-5-11-21-18-15(17-19-21)12-6-2-1-3-7-12/h1-3,6-7,13H,4-5,8-11H2,(H,23,24)/t13-/m1/s1. The van der Waals surface area contributed by atoms with Crippen LogP contribution in [0.15, 0.2) is 30.3 Å². The molecule has 126 valence electrons. The van der Waals surface area contributed by atoms with Gasteiger partial charge in [-0.2, -0.15) is 4.80 Å². The van der Waals surface area contributed by atoms with Crippen molar-refractivity contribution in [2.75, 3.05) is 6.54 Å². The Labute approximate surface area is 139 Å². The third kappa shape index (κ3) is 3.58. The predicted octanol–water partition coefficient (Wildman–Crippen LogP) is 1.20. The first-order valence-corrected chi connectivity index (χ1v) is 8.00. The number of hydrogen-bond acceptors (Lipinski definition) is 5. The summed E-state index contributed by atoms with van der Waals surface area (Å²) in [5.41, 5.74) is 0.890. The highest BCUT2D eigenvalue weighted by Crippen LogP contribution is 2.19. The maximum atomic E-state index is 12.2. The second-order valence-corrected chi connectivity index (χ2v) is 5.76. The lowest BCUT2D eigenvalue weighted by Crippen LogP contribution is -2.40. The van der Waals surface area contributed by atoms with Crippen molar-refractivity contribution < 1.29 is 14.7 Å². The molecule has 0 bridgehead atoms. The molecule has 1 aliphatic heterocycles. The summed E-state index contributed by atoms with van der Waals surface area (Å²) < 4.78 is 0. The highest BCUT2D eigenvalue weighted by atomic mass is 16.4. The third-order valence-corrected chi connectivity index (χ3v) is 4.09. The minimum absolute atomic E-state index is 0.122. The predicted molar refractivity (Wildman–Crippen MR) is 84.9 cm³/mol. The van der Waals surface area contributed by atoms with E-state index in [9.17, 15) is 9.59 Å². The lowest BCUT2D eigenvalue weighted by atomic mass is 10.2. The van der Waals surface area contributed by atoms with Crippen LogP contribution < -0.4 is 0 Å². The number of carboxylic acids is 1. The van der Waals surface area contributed by atoms with Crippen molar-refractivity contribution in [1.29, 1.82) is 0 Å². The van der Waals surface area contributed by atoms with Crippen LogP contribution >= 0.6 is 0 Å². The third-order valence-electron chi connectivity index (χ3n) is 4.09. The Kier molecular flexibility index (Phi) is 4.83. The molecule has 1 aliphatic rings. The Morgan fingerprint density at radius 2 is 2.04 bits per heavy atom. The van der Waals surface area contributed by atoms with E-state index in [2.05, 4.69) is 15.4 Å². The summed E-state index contributed by atoms with van der Waals surface area (Å²) in [6, 6.07) is 8.87. The van der Waals surface area contributed by atoms with Gasteiger partial charge in [0.1, 0.15) is 6.04 Å². The molecule has 1 aromatic carbocycles. The van der Waals surface area contributed by atoms with Gasteiger partial charge < -0.3 is 10.0 Å². The first kappa shape index (κ1) is 16.1. The van der Waals surface area contributed by atoms with E-state index in [1.807, 2.05) is 30.3 Å². The monoisotopic (exact) mass is 329 g/mol. The topological polar surface area (TPSA) is 101 Å². The lowest BCUT2D eigenvalue weighted by molar-refractivity contribution is -0.148. The van der Waals surface area contributed by atoms with Gasteiger partial charge in [0.25, 0.3) is 0 Å². The maximum absolute atomic E-state index is 12.2. The van der Waals surface area contributed by atoms with Crippen LogP contribution in [0.25, 0.3) is 11.4 Å². The molecule has 1 saturated heterocycles. The van der Waals surface area contributed by atoms with Crippen molar-refractivity contribution in [3.63, 3.8) is 0 Å². The maximum Gasteiger partial charge on any atom is 0.326 e. The van der Waals surface area contributed by atoms with Gasteiger partial charge in [0.05, 0.1) is 6.54 Å².